The van der Waals surface area contributed by atoms with E-state index in [0.717, 1.165) is 13.1 Å². The molecule has 16 heavy (non-hydrogen) atoms. The molecule has 1 aliphatic heterocycles. The quantitative estimate of drug-likeness (QED) is 0.793. The molecule has 0 spiro atoms. The van der Waals surface area contributed by atoms with Gasteiger partial charge in [-0.2, -0.15) is 0 Å². The summed E-state index contributed by atoms with van der Waals surface area (Å²) in [6.07, 6.45) is 5.22. The first-order valence-corrected chi connectivity index (χ1v) is 5.48. The van der Waals surface area contributed by atoms with Gasteiger partial charge in [0.05, 0.1) is 0 Å². The maximum absolute atomic E-state index is 10.4. The van der Waals surface area contributed by atoms with Gasteiger partial charge in [-0.05, 0) is 16.9 Å². The molecule has 0 unspecified atom stereocenters. The first kappa shape index (κ1) is 10.7. The van der Waals surface area contributed by atoms with E-state index in [9.17, 15) is 4.79 Å². The molecular formula is C13H15NO2. The number of rotatable bonds is 4. The summed E-state index contributed by atoms with van der Waals surface area (Å²) in [6.45, 7) is 1.67. The Balaban J connectivity index is 2.01. The summed E-state index contributed by atoms with van der Waals surface area (Å²) < 4.78 is 0. The van der Waals surface area contributed by atoms with Crippen LogP contribution in [0.3, 0.4) is 0 Å². The Morgan fingerprint density at radius 2 is 2.06 bits per heavy atom. The first-order valence-electron chi connectivity index (χ1n) is 5.48. The molecule has 2 rings (SSSR count). The van der Waals surface area contributed by atoms with Gasteiger partial charge in [-0.3, -0.25) is 4.79 Å². The Morgan fingerprint density at radius 3 is 2.81 bits per heavy atom. The van der Waals surface area contributed by atoms with Crippen molar-refractivity contribution >= 4 is 18.2 Å². The van der Waals surface area contributed by atoms with Crippen LogP contribution < -0.4 is 10.4 Å². The minimum absolute atomic E-state index is 0.242. The van der Waals surface area contributed by atoms with Gasteiger partial charge >= 0.3 is 5.97 Å². The van der Waals surface area contributed by atoms with Gasteiger partial charge in [0.2, 0.25) is 0 Å². The normalized spacial score (nSPS) is 13.6. The van der Waals surface area contributed by atoms with Gasteiger partial charge in [-0.1, -0.05) is 30.3 Å². The van der Waals surface area contributed by atoms with Crippen LogP contribution >= 0.6 is 0 Å². The van der Waals surface area contributed by atoms with Crippen LogP contribution in [0.4, 0.5) is 0 Å². The largest absolute Gasteiger partial charge is 0.481 e. The summed E-state index contributed by atoms with van der Waals surface area (Å²) in [5.74, 6) is -0.721. The van der Waals surface area contributed by atoms with Gasteiger partial charge in [-0.15, -0.1) is 0 Å². The van der Waals surface area contributed by atoms with E-state index in [1.54, 1.807) is 0 Å². The number of nitrogens with zero attached hydrogens (tertiary/aromatic N) is 1. The van der Waals surface area contributed by atoms with Crippen molar-refractivity contribution in [3.05, 3.63) is 34.7 Å². The second-order valence-corrected chi connectivity index (χ2v) is 3.95. The molecule has 1 aliphatic rings. The number of hydrogen-bond acceptors (Lipinski definition) is 2. The SMILES string of the molecule is O=C(O)CCCN1C=c2ccccc2=CC1. The van der Waals surface area contributed by atoms with E-state index in [-0.39, 0.29) is 6.42 Å². The molecule has 0 saturated heterocycles. The number of benzene rings is 1. The molecule has 0 aliphatic carbocycles. The van der Waals surface area contributed by atoms with Crippen molar-refractivity contribution in [1.82, 2.24) is 4.90 Å². The van der Waals surface area contributed by atoms with Gasteiger partial charge in [0, 0.05) is 25.7 Å². The van der Waals surface area contributed by atoms with Crippen LogP contribution in [-0.2, 0) is 4.79 Å². The average Bonchev–Trinajstić information content (AvgIpc) is 2.28. The van der Waals surface area contributed by atoms with Crippen molar-refractivity contribution in [2.24, 2.45) is 0 Å². The second kappa shape index (κ2) is 4.84. The van der Waals surface area contributed by atoms with Crippen LogP contribution in [-0.4, -0.2) is 29.1 Å². The Morgan fingerprint density at radius 1 is 1.31 bits per heavy atom. The van der Waals surface area contributed by atoms with Crippen molar-refractivity contribution < 1.29 is 9.90 Å². The maximum Gasteiger partial charge on any atom is 0.303 e. The van der Waals surface area contributed by atoms with Crippen molar-refractivity contribution in [1.29, 1.82) is 0 Å². The molecule has 1 N–H and O–H groups in total. The number of carboxylic acids is 1. The number of fused-ring (bicyclic) bond motifs is 1. The third kappa shape index (κ3) is 2.63. The summed E-state index contributed by atoms with van der Waals surface area (Å²) >= 11 is 0. The highest BCUT2D eigenvalue weighted by Crippen LogP contribution is 1.98. The van der Waals surface area contributed by atoms with Gasteiger partial charge in [0.1, 0.15) is 0 Å². The predicted molar refractivity (Wildman–Crippen MR) is 63.1 cm³/mol. The Labute approximate surface area is 94.3 Å². The van der Waals surface area contributed by atoms with E-state index < -0.39 is 5.97 Å². The number of aliphatic carboxylic acids is 1. The Hall–Kier alpha value is -1.77. The van der Waals surface area contributed by atoms with Crippen LogP contribution in [0.25, 0.3) is 12.3 Å². The van der Waals surface area contributed by atoms with Crippen LogP contribution in [0.5, 0.6) is 0 Å². The van der Waals surface area contributed by atoms with E-state index in [1.807, 2.05) is 12.1 Å². The highest BCUT2D eigenvalue weighted by atomic mass is 16.4. The highest BCUT2D eigenvalue weighted by molar-refractivity contribution is 5.66. The van der Waals surface area contributed by atoms with Gasteiger partial charge in [0.15, 0.2) is 0 Å². The third-order valence-corrected chi connectivity index (χ3v) is 2.70. The first-order chi connectivity index (χ1) is 7.75. The lowest BCUT2D eigenvalue weighted by molar-refractivity contribution is -0.137. The van der Waals surface area contributed by atoms with Gasteiger partial charge in [0.25, 0.3) is 0 Å². The molecule has 0 radical (unpaired) electrons. The molecular weight excluding hydrogens is 202 g/mol. The fraction of sp³-hybridized carbons (Fsp3) is 0.308. The molecule has 3 heteroatoms. The summed E-state index contributed by atoms with van der Waals surface area (Å²) in [4.78, 5) is 12.6. The van der Waals surface area contributed by atoms with Crippen LogP contribution in [0.1, 0.15) is 12.8 Å². The second-order valence-electron chi connectivity index (χ2n) is 3.95. The molecule has 0 amide bonds. The fourth-order valence-electron chi connectivity index (χ4n) is 1.87. The molecule has 3 nitrogen and oxygen atoms in total. The van der Waals surface area contributed by atoms with Crippen molar-refractivity contribution in [3.8, 4) is 0 Å². The van der Waals surface area contributed by atoms with E-state index in [0.29, 0.717) is 6.42 Å². The standard InChI is InChI=1S/C13H15NO2/c15-13(16)6-3-8-14-9-7-11-4-1-2-5-12(11)10-14/h1-2,4-5,7,10H,3,6,8-9H2,(H,15,16). The lowest BCUT2D eigenvalue weighted by atomic mass is 10.2. The van der Waals surface area contributed by atoms with E-state index >= 15 is 0 Å². The zero-order chi connectivity index (χ0) is 11.4. The summed E-state index contributed by atoms with van der Waals surface area (Å²) in [5, 5.41) is 11.0. The monoisotopic (exact) mass is 217 g/mol. The van der Waals surface area contributed by atoms with E-state index in [2.05, 4.69) is 29.3 Å². The Bertz CT molecular complexity index is 493. The zero-order valence-electron chi connectivity index (χ0n) is 9.10. The number of carboxylic acid groups (broad SMARTS) is 1. The summed E-state index contributed by atoms with van der Waals surface area (Å²) in [5.41, 5.74) is 0. The molecule has 1 heterocycles. The molecule has 84 valence electrons. The molecule has 1 aromatic rings. The van der Waals surface area contributed by atoms with Crippen LogP contribution in [0, 0.1) is 0 Å². The predicted octanol–water partition coefficient (Wildman–Crippen LogP) is 0.385. The smallest absolute Gasteiger partial charge is 0.303 e. The molecule has 0 saturated carbocycles. The minimum Gasteiger partial charge on any atom is -0.481 e. The third-order valence-electron chi connectivity index (χ3n) is 2.70. The molecule has 0 bridgehead atoms. The number of hydrogen-bond donors (Lipinski definition) is 1. The number of carbonyl (C=O) groups is 1. The summed E-state index contributed by atoms with van der Waals surface area (Å²) in [6, 6.07) is 8.22. The van der Waals surface area contributed by atoms with Crippen molar-refractivity contribution in [3.63, 3.8) is 0 Å². The lowest BCUT2D eigenvalue weighted by Gasteiger charge is -2.20. The van der Waals surface area contributed by atoms with E-state index in [4.69, 9.17) is 5.11 Å². The van der Waals surface area contributed by atoms with Crippen LogP contribution in [0.2, 0.25) is 0 Å². The lowest BCUT2D eigenvalue weighted by Crippen LogP contribution is -2.35. The average molecular weight is 217 g/mol. The molecule has 1 aromatic carbocycles. The molecule has 0 atom stereocenters. The van der Waals surface area contributed by atoms with Crippen molar-refractivity contribution in [2.45, 2.75) is 12.8 Å². The fourth-order valence-corrected chi connectivity index (χ4v) is 1.87. The van der Waals surface area contributed by atoms with Gasteiger partial charge in [-0.25, -0.2) is 0 Å². The highest BCUT2D eigenvalue weighted by Gasteiger charge is 2.03. The van der Waals surface area contributed by atoms with Crippen molar-refractivity contribution in [2.75, 3.05) is 13.1 Å². The minimum atomic E-state index is -0.721. The molecule has 0 fully saturated rings. The Kier molecular flexibility index (Phi) is 3.25. The topological polar surface area (TPSA) is 40.5 Å². The summed E-state index contributed by atoms with van der Waals surface area (Å²) in [7, 11) is 0. The zero-order valence-corrected chi connectivity index (χ0v) is 9.10. The van der Waals surface area contributed by atoms with Crippen LogP contribution in [0.15, 0.2) is 24.3 Å². The van der Waals surface area contributed by atoms with Gasteiger partial charge < -0.3 is 10.0 Å². The molecule has 0 aromatic heterocycles. The maximum atomic E-state index is 10.4. The van der Waals surface area contributed by atoms with E-state index in [1.165, 1.54) is 10.4 Å².